The van der Waals surface area contributed by atoms with Gasteiger partial charge in [-0.3, -0.25) is 4.79 Å². The Bertz CT molecular complexity index is 579. The highest BCUT2D eigenvalue weighted by molar-refractivity contribution is 6.05. The van der Waals surface area contributed by atoms with Crippen LogP contribution < -0.4 is 11.1 Å². The quantitative estimate of drug-likeness (QED) is 0.638. The first kappa shape index (κ1) is 11.7. The first-order chi connectivity index (χ1) is 8.56. The molecule has 0 radical (unpaired) electrons. The predicted molar refractivity (Wildman–Crippen MR) is 66.4 cm³/mol. The van der Waals surface area contributed by atoms with E-state index in [2.05, 4.69) is 10.3 Å². The van der Waals surface area contributed by atoms with Crippen LogP contribution in [0.1, 0.15) is 10.4 Å². The van der Waals surface area contributed by atoms with Crippen LogP contribution in [0.5, 0.6) is 11.5 Å². The van der Waals surface area contributed by atoms with Gasteiger partial charge in [0.05, 0.1) is 5.69 Å². The van der Waals surface area contributed by atoms with Crippen molar-refractivity contribution < 1.29 is 15.0 Å². The van der Waals surface area contributed by atoms with Crippen LogP contribution in [-0.4, -0.2) is 21.1 Å². The van der Waals surface area contributed by atoms with Gasteiger partial charge in [0.15, 0.2) is 5.82 Å². The molecule has 0 saturated heterocycles. The number of phenols is 2. The number of nitrogen functional groups attached to an aromatic ring is 1. The molecule has 0 atom stereocenters. The number of benzene rings is 1. The maximum absolute atomic E-state index is 11.8. The highest BCUT2D eigenvalue weighted by Crippen LogP contribution is 2.21. The van der Waals surface area contributed by atoms with E-state index >= 15 is 0 Å². The Hall–Kier alpha value is -2.76. The van der Waals surface area contributed by atoms with Gasteiger partial charge in [-0.2, -0.15) is 0 Å². The van der Waals surface area contributed by atoms with Gasteiger partial charge in [-0.25, -0.2) is 4.98 Å². The molecular weight excluding hydrogens is 234 g/mol. The summed E-state index contributed by atoms with van der Waals surface area (Å²) in [6, 6.07) is 6.84. The molecule has 0 spiro atoms. The van der Waals surface area contributed by atoms with E-state index in [0.29, 0.717) is 5.69 Å². The largest absolute Gasteiger partial charge is 0.508 e. The highest BCUT2D eigenvalue weighted by atomic mass is 16.3. The number of hydrogen-bond donors (Lipinski definition) is 4. The van der Waals surface area contributed by atoms with E-state index in [1.807, 2.05) is 0 Å². The van der Waals surface area contributed by atoms with Gasteiger partial charge >= 0.3 is 0 Å². The predicted octanol–water partition coefficient (Wildman–Crippen LogP) is 1.33. The minimum Gasteiger partial charge on any atom is -0.508 e. The maximum atomic E-state index is 11.8. The van der Waals surface area contributed by atoms with Gasteiger partial charge in [-0.15, -0.1) is 0 Å². The fourth-order valence-electron chi connectivity index (χ4n) is 1.43. The third-order valence-corrected chi connectivity index (χ3v) is 2.24. The second kappa shape index (κ2) is 4.62. The normalized spacial score (nSPS) is 10.0. The SMILES string of the molecule is Nc1cccnc1NC(=O)c1cc(O)cc(O)c1. The van der Waals surface area contributed by atoms with Crippen LogP contribution in [-0.2, 0) is 0 Å². The van der Waals surface area contributed by atoms with E-state index in [0.717, 1.165) is 6.07 Å². The van der Waals surface area contributed by atoms with E-state index in [4.69, 9.17) is 5.73 Å². The number of amides is 1. The average molecular weight is 245 g/mol. The Morgan fingerprint density at radius 1 is 1.22 bits per heavy atom. The molecule has 0 aliphatic carbocycles. The lowest BCUT2D eigenvalue weighted by Crippen LogP contribution is -2.14. The lowest BCUT2D eigenvalue weighted by atomic mass is 10.2. The average Bonchev–Trinajstić information content (AvgIpc) is 2.31. The van der Waals surface area contributed by atoms with Gasteiger partial charge in [-0.1, -0.05) is 0 Å². The molecule has 1 amide bonds. The first-order valence-electron chi connectivity index (χ1n) is 5.11. The minimum absolute atomic E-state index is 0.109. The number of rotatable bonds is 2. The van der Waals surface area contributed by atoms with E-state index in [1.54, 1.807) is 12.1 Å². The number of carbonyl (C=O) groups excluding carboxylic acids is 1. The van der Waals surface area contributed by atoms with Crippen molar-refractivity contribution in [3.63, 3.8) is 0 Å². The number of anilines is 2. The summed E-state index contributed by atoms with van der Waals surface area (Å²) >= 11 is 0. The molecule has 1 heterocycles. The smallest absolute Gasteiger partial charge is 0.257 e. The number of nitrogens with zero attached hydrogens (tertiary/aromatic N) is 1. The Labute approximate surface area is 103 Å². The zero-order chi connectivity index (χ0) is 13.1. The summed E-state index contributed by atoms with van der Waals surface area (Å²) in [5.41, 5.74) is 6.07. The number of hydrogen-bond acceptors (Lipinski definition) is 5. The molecule has 92 valence electrons. The molecule has 5 N–H and O–H groups in total. The Morgan fingerprint density at radius 2 is 1.89 bits per heavy atom. The molecule has 0 bridgehead atoms. The summed E-state index contributed by atoms with van der Waals surface area (Å²) in [6.45, 7) is 0. The highest BCUT2D eigenvalue weighted by Gasteiger charge is 2.10. The summed E-state index contributed by atoms with van der Waals surface area (Å²) < 4.78 is 0. The fraction of sp³-hybridized carbons (Fsp3) is 0. The maximum Gasteiger partial charge on any atom is 0.257 e. The number of aromatic hydroxyl groups is 2. The number of phenolic OH excluding ortho intramolecular Hbond substituents is 2. The molecule has 1 aromatic heterocycles. The number of pyridine rings is 1. The van der Waals surface area contributed by atoms with E-state index in [1.165, 1.54) is 18.3 Å². The minimum atomic E-state index is -0.522. The second-order valence-corrected chi connectivity index (χ2v) is 3.63. The summed E-state index contributed by atoms with van der Waals surface area (Å²) in [5.74, 6) is -0.694. The third-order valence-electron chi connectivity index (χ3n) is 2.24. The molecule has 6 heteroatoms. The molecule has 6 nitrogen and oxygen atoms in total. The fourth-order valence-corrected chi connectivity index (χ4v) is 1.43. The van der Waals surface area contributed by atoms with Crippen LogP contribution in [0.3, 0.4) is 0 Å². The van der Waals surface area contributed by atoms with Crippen LogP contribution in [0.4, 0.5) is 11.5 Å². The molecule has 0 saturated carbocycles. The molecule has 0 aliphatic heterocycles. The van der Waals surface area contributed by atoms with Crippen molar-refractivity contribution in [3.8, 4) is 11.5 Å². The van der Waals surface area contributed by atoms with Gasteiger partial charge in [0.25, 0.3) is 5.91 Å². The Balaban J connectivity index is 2.25. The number of carbonyl (C=O) groups is 1. The number of aromatic nitrogens is 1. The van der Waals surface area contributed by atoms with E-state index in [-0.39, 0.29) is 22.9 Å². The van der Waals surface area contributed by atoms with Crippen molar-refractivity contribution >= 4 is 17.4 Å². The Kier molecular flexibility index (Phi) is 3.01. The van der Waals surface area contributed by atoms with Crippen molar-refractivity contribution in [2.75, 3.05) is 11.1 Å². The first-order valence-corrected chi connectivity index (χ1v) is 5.11. The monoisotopic (exact) mass is 245 g/mol. The molecule has 0 aliphatic rings. The van der Waals surface area contributed by atoms with Gasteiger partial charge in [0.1, 0.15) is 11.5 Å². The molecule has 1 aromatic carbocycles. The summed E-state index contributed by atoms with van der Waals surface area (Å²) in [5, 5.41) is 21.0. The van der Waals surface area contributed by atoms with Crippen molar-refractivity contribution in [2.45, 2.75) is 0 Å². The zero-order valence-corrected chi connectivity index (χ0v) is 9.29. The summed E-state index contributed by atoms with van der Waals surface area (Å²) in [7, 11) is 0. The van der Waals surface area contributed by atoms with Crippen LogP contribution in [0.15, 0.2) is 36.5 Å². The van der Waals surface area contributed by atoms with Crippen molar-refractivity contribution in [3.05, 3.63) is 42.1 Å². The topological polar surface area (TPSA) is 108 Å². The lowest BCUT2D eigenvalue weighted by molar-refractivity contribution is 0.102. The number of nitrogens with one attached hydrogen (secondary N) is 1. The van der Waals surface area contributed by atoms with Gasteiger partial charge < -0.3 is 21.3 Å². The molecule has 0 fully saturated rings. The molecular formula is C12H11N3O3. The van der Waals surface area contributed by atoms with Crippen LogP contribution in [0, 0.1) is 0 Å². The van der Waals surface area contributed by atoms with Crippen LogP contribution in [0.2, 0.25) is 0 Å². The van der Waals surface area contributed by atoms with Gasteiger partial charge in [-0.05, 0) is 24.3 Å². The van der Waals surface area contributed by atoms with E-state index in [9.17, 15) is 15.0 Å². The third kappa shape index (κ3) is 2.49. The molecule has 18 heavy (non-hydrogen) atoms. The van der Waals surface area contributed by atoms with Crippen molar-refractivity contribution in [1.82, 2.24) is 4.98 Å². The molecule has 2 rings (SSSR count). The van der Waals surface area contributed by atoms with Crippen LogP contribution >= 0.6 is 0 Å². The molecule has 2 aromatic rings. The summed E-state index contributed by atoms with van der Waals surface area (Å²) in [4.78, 5) is 15.7. The van der Waals surface area contributed by atoms with Crippen molar-refractivity contribution in [1.29, 1.82) is 0 Å². The standard InChI is InChI=1S/C12H11N3O3/c13-10-2-1-3-14-11(10)15-12(18)7-4-8(16)6-9(17)5-7/h1-6,16-17H,13H2,(H,14,15,18). The summed E-state index contributed by atoms with van der Waals surface area (Å²) in [6.07, 6.45) is 1.49. The van der Waals surface area contributed by atoms with Gasteiger partial charge in [0, 0.05) is 17.8 Å². The molecule has 0 unspecified atom stereocenters. The lowest BCUT2D eigenvalue weighted by Gasteiger charge is -2.07. The number of nitrogens with two attached hydrogens (primary N) is 1. The van der Waals surface area contributed by atoms with Crippen molar-refractivity contribution in [2.24, 2.45) is 0 Å². The van der Waals surface area contributed by atoms with Crippen LogP contribution in [0.25, 0.3) is 0 Å². The Morgan fingerprint density at radius 3 is 2.50 bits per heavy atom. The van der Waals surface area contributed by atoms with E-state index < -0.39 is 5.91 Å². The van der Waals surface area contributed by atoms with Gasteiger partial charge in [0.2, 0.25) is 0 Å². The second-order valence-electron chi connectivity index (χ2n) is 3.63. The zero-order valence-electron chi connectivity index (χ0n) is 9.29.